The predicted molar refractivity (Wildman–Crippen MR) is 150 cm³/mol. The summed E-state index contributed by atoms with van der Waals surface area (Å²) in [7, 11) is 0. The molecule has 5 rings (SSSR count). The van der Waals surface area contributed by atoms with Gasteiger partial charge in [0.15, 0.2) is 0 Å². The lowest BCUT2D eigenvalue weighted by Gasteiger charge is -2.48. The van der Waals surface area contributed by atoms with Crippen LogP contribution in [-0.2, 0) is 0 Å². The largest absolute Gasteiger partial charge is 0.0648 e. The fourth-order valence-corrected chi connectivity index (χ4v) is 9.53. The van der Waals surface area contributed by atoms with Gasteiger partial charge in [-0.3, -0.25) is 0 Å². The van der Waals surface area contributed by atoms with Crippen LogP contribution in [0.1, 0.15) is 121 Å². The van der Waals surface area contributed by atoms with Crippen LogP contribution in [0.15, 0.2) is 33.4 Å². The molecule has 5 aliphatic rings. The molecule has 0 aromatic carbocycles. The summed E-state index contributed by atoms with van der Waals surface area (Å²) in [6.07, 6.45) is 11.3. The summed E-state index contributed by atoms with van der Waals surface area (Å²) in [5.74, 6) is 8.22. The van der Waals surface area contributed by atoms with Gasteiger partial charge in [-0.1, -0.05) is 103 Å². The van der Waals surface area contributed by atoms with Crippen molar-refractivity contribution < 1.29 is 0 Å². The second-order valence-electron chi connectivity index (χ2n) is 13.7. The number of hydrogen-bond donors (Lipinski definition) is 0. The van der Waals surface area contributed by atoms with Crippen molar-refractivity contribution in [2.24, 2.45) is 59.2 Å². The van der Waals surface area contributed by atoms with Gasteiger partial charge < -0.3 is 0 Å². The van der Waals surface area contributed by atoms with E-state index in [9.17, 15) is 0 Å². The number of allylic oxidation sites excluding steroid dienone is 6. The highest BCUT2D eigenvalue weighted by atomic mass is 14.5. The third kappa shape index (κ3) is 4.54. The molecule has 0 saturated heterocycles. The summed E-state index contributed by atoms with van der Waals surface area (Å²) in [6.45, 7) is 24.7. The summed E-state index contributed by atoms with van der Waals surface area (Å²) >= 11 is 0. The third-order valence-electron chi connectivity index (χ3n) is 11.2. The van der Waals surface area contributed by atoms with E-state index in [1.54, 1.807) is 0 Å². The van der Waals surface area contributed by atoms with Crippen molar-refractivity contribution >= 4 is 0 Å². The van der Waals surface area contributed by atoms with Gasteiger partial charge in [0.05, 0.1) is 0 Å². The molecule has 0 fully saturated rings. The third-order valence-corrected chi connectivity index (χ3v) is 11.2. The molecule has 0 nitrogen and oxygen atoms in total. The number of rotatable bonds is 0. The first kappa shape index (κ1) is 26.3. The van der Waals surface area contributed by atoms with Crippen molar-refractivity contribution in [1.29, 1.82) is 0 Å². The Balaban J connectivity index is 0.000000172. The molecule has 0 N–H and O–H groups in total. The van der Waals surface area contributed by atoms with Crippen molar-refractivity contribution in [2.75, 3.05) is 0 Å². The van der Waals surface area contributed by atoms with Crippen molar-refractivity contribution in [3.05, 3.63) is 33.4 Å². The SMILES string of the molecule is CC1CCC(C)C2=C1C(C)C1=C(C(C)CCC1C)C2C.CC1CCC(C)C2=C1C(C)CCC2C. The zero-order valence-electron chi connectivity index (χ0n) is 24.4. The Morgan fingerprint density at radius 3 is 0.588 bits per heavy atom. The predicted octanol–water partition coefficient (Wildman–Crippen LogP) is 10.4. The Bertz CT molecular complexity index is 715. The molecule has 0 spiro atoms. The van der Waals surface area contributed by atoms with Gasteiger partial charge in [0.2, 0.25) is 0 Å². The van der Waals surface area contributed by atoms with E-state index in [2.05, 4.69) is 69.2 Å². The van der Waals surface area contributed by atoms with Gasteiger partial charge in [-0.15, -0.1) is 0 Å². The highest BCUT2D eigenvalue weighted by Crippen LogP contribution is 2.55. The molecule has 0 aromatic rings. The summed E-state index contributed by atoms with van der Waals surface area (Å²) in [6, 6.07) is 0. The van der Waals surface area contributed by atoms with E-state index in [4.69, 9.17) is 0 Å². The molecule has 0 heterocycles. The van der Waals surface area contributed by atoms with Gasteiger partial charge in [0, 0.05) is 0 Å². The normalized spacial score (nSPS) is 44.6. The minimum absolute atomic E-state index is 0.728. The quantitative estimate of drug-likeness (QED) is 0.313. The van der Waals surface area contributed by atoms with Crippen molar-refractivity contribution in [2.45, 2.75) is 121 Å². The van der Waals surface area contributed by atoms with Crippen LogP contribution in [0.25, 0.3) is 0 Å². The van der Waals surface area contributed by atoms with E-state index in [-0.39, 0.29) is 0 Å². The van der Waals surface area contributed by atoms with Crippen LogP contribution < -0.4 is 0 Å². The first-order chi connectivity index (χ1) is 16.0. The Kier molecular flexibility index (Phi) is 7.96. The first-order valence-electron chi connectivity index (χ1n) is 15.3. The smallest absolute Gasteiger partial charge is 0.00101 e. The molecular formula is C34H56. The summed E-state index contributed by atoms with van der Waals surface area (Å²) < 4.78 is 0. The average Bonchev–Trinajstić information content (AvgIpc) is 2.79. The van der Waals surface area contributed by atoms with E-state index < -0.39 is 0 Å². The van der Waals surface area contributed by atoms with Crippen molar-refractivity contribution in [3.63, 3.8) is 0 Å². The maximum atomic E-state index is 2.51. The molecule has 5 aliphatic carbocycles. The van der Waals surface area contributed by atoms with Gasteiger partial charge in [0.25, 0.3) is 0 Å². The molecule has 0 aromatic heterocycles. The van der Waals surface area contributed by atoms with E-state index in [0.717, 1.165) is 59.2 Å². The zero-order valence-corrected chi connectivity index (χ0v) is 24.4. The average molecular weight is 465 g/mol. The van der Waals surface area contributed by atoms with Crippen LogP contribution in [0.5, 0.6) is 0 Å². The molecule has 8 atom stereocenters. The lowest BCUT2D eigenvalue weighted by atomic mass is 9.57. The Morgan fingerprint density at radius 1 is 0.265 bits per heavy atom. The Labute approximate surface area is 213 Å². The maximum Gasteiger partial charge on any atom is -0.00101 e. The molecule has 0 amide bonds. The van der Waals surface area contributed by atoms with Gasteiger partial charge in [0.1, 0.15) is 0 Å². The molecule has 0 aliphatic heterocycles. The van der Waals surface area contributed by atoms with Crippen LogP contribution in [0.3, 0.4) is 0 Å². The van der Waals surface area contributed by atoms with Gasteiger partial charge in [-0.05, 0) is 111 Å². The monoisotopic (exact) mass is 464 g/mol. The lowest BCUT2D eigenvalue weighted by molar-refractivity contribution is 0.324. The van der Waals surface area contributed by atoms with E-state index >= 15 is 0 Å². The minimum Gasteiger partial charge on any atom is -0.0648 e. The van der Waals surface area contributed by atoms with E-state index in [1.807, 2.05) is 33.4 Å². The van der Waals surface area contributed by atoms with E-state index in [0.29, 0.717) is 0 Å². The molecule has 8 unspecified atom stereocenters. The standard InChI is InChI=1S/C20H32.C14H24/c1-11-7-8-12(2)18-16(6)20-14(4)10-9-13(3)19(20)15(5)17(11)18;1-9-5-6-11(3)14-12(4)8-7-10(2)13(9)14/h11-16H,7-10H2,1-6H3;9-12H,5-8H2,1-4H3. The van der Waals surface area contributed by atoms with Crippen LogP contribution in [-0.4, -0.2) is 0 Å². The van der Waals surface area contributed by atoms with Crippen molar-refractivity contribution in [3.8, 4) is 0 Å². The highest BCUT2D eigenvalue weighted by molar-refractivity contribution is 5.45. The van der Waals surface area contributed by atoms with Crippen LogP contribution in [0.2, 0.25) is 0 Å². The van der Waals surface area contributed by atoms with E-state index in [1.165, 1.54) is 51.4 Å². The maximum absolute atomic E-state index is 2.51. The van der Waals surface area contributed by atoms with Crippen LogP contribution in [0, 0.1) is 59.2 Å². The second kappa shape index (κ2) is 10.3. The van der Waals surface area contributed by atoms with Gasteiger partial charge in [-0.2, -0.15) is 0 Å². The zero-order chi connectivity index (χ0) is 24.9. The molecular weight excluding hydrogens is 408 g/mol. The first-order valence-corrected chi connectivity index (χ1v) is 15.3. The van der Waals surface area contributed by atoms with Gasteiger partial charge in [-0.25, -0.2) is 0 Å². The van der Waals surface area contributed by atoms with Crippen molar-refractivity contribution in [1.82, 2.24) is 0 Å². The Hall–Kier alpha value is -0.780. The summed E-state index contributed by atoms with van der Waals surface area (Å²) in [4.78, 5) is 0. The lowest BCUT2D eigenvalue weighted by Crippen LogP contribution is -2.35. The molecule has 0 heteroatoms. The molecule has 0 saturated carbocycles. The topological polar surface area (TPSA) is 0 Å². The molecule has 192 valence electrons. The Morgan fingerprint density at radius 2 is 0.412 bits per heavy atom. The minimum atomic E-state index is 0.728. The second-order valence-corrected chi connectivity index (χ2v) is 13.7. The van der Waals surface area contributed by atoms with Gasteiger partial charge >= 0.3 is 0 Å². The number of hydrogen-bond acceptors (Lipinski definition) is 0. The fourth-order valence-electron chi connectivity index (χ4n) is 9.53. The molecule has 34 heavy (non-hydrogen) atoms. The van der Waals surface area contributed by atoms with Crippen LogP contribution in [0.4, 0.5) is 0 Å². The fraction of sp³-hybridized carbons (Fsp3) is 0.824. The molecule has 0 radical (unpaired) electrons. The van der Waals surface area contributed by atoms with Crippen LogP contribution >= 0.6 is 0 Å². The summed E-state index contributed by atoms with van der Waals surface area (Å²) in [5.41, 5.74) is 11.1. The highest BCUT2D eigenvalue weighted by Gasteiger charge is 2.42. The molecule has 0 bridgehead atoms. The summed E-state index contributed by atoms with van der Waals surface area (Å²) in [5, 5.41) is 0.